The van der Waals surface area contributed by atoms with Crippen molar-refractivity contribution in [2.75, 3.05) is 6.61 Å². The number of hydrogen-bond donors (Lipinski definition) is 0. The van der Waals surface area contributed by atoms with Gasteiger partial charge in [-0.1, -0.05) is 24.3 Å². The second-order valence-electron chi connectivity index (χ2n) is 5.16. The van der Waals surface area contributed by atoms with Gasteiger partial charge in [-0.2, -0.15) is 0 Å². The van der Waals surface area contributed by atoms with E-state index >= 15 is 0 Å². The highest BCUT2D eigenvalue weighted by Gasteiger charge is 2.01. The van der Waals surface area contributed by atoms with E-state index in [1.54, 1.807) is 0 Å². The summed E-state index contributed by atoms with van der Waals surface area (Å²) in [4.78, 5) is 0. The van der Waals surface area contributed by atoms with E-state index in [-0.39, 0.29) is 0 Å². The van der Waals surface area contributed by atoms with Crippen molar-refractivity contribution in [3.63, 3.8) is 0 Å². The van der Waals surface area contributed by atoms with Gasteiger partial charge in [-0.05, 0) is 54.6 Å². The Labute approximate surface area is 119 Å². The molecule has 0 saturated carbocycles. The van der Waals surface area contributed by atoms with Crippen LogP contribution in [-0.2, 0) is 6.54 Å². The number of rotatable bonds is 4. The van der Waals surface area contributed by atoms with Crippen LogP contribution in [0.25, 0.3) is 10.9 Å². The van der Waals surface area contributed by atoms with Gasteiger partial charge in [0, 0.05) is 11.7 Å². The van der Waals surface area contributed by atoms with Gasteiger partial charge in [0.25, 0.3) is 0 Å². The van der Waals surface area contributed by atoms with Crippen LogP contribution in [0.4, 0.5) is 0 Å². The summed E-state index contributed by atoms with van der Waals surface area (Å²) >= 11 is 0. The summed E-state index contributed by atoms with van der Waals surface area (Å²) in [5.41, 5.74) is 3.83. The molecule has 2 aromatic carbocycles. The van der Waals surface area contributed by atoms with Gasteiger partial charge in [0.1, 0.15) is 12.4 Å². The molecule has 3 rings (SSSR count). The van der Waals surface area contributed by atoms with Crippen LogP contribution in [0.5, 0.6) is 5.75 Å². The summed E-state index contributed by atoms with van der Waals surface area (Å²) in [6.07, 6.45) is 2.12. The van der Waals surface area contributed by atoms with E-state index in [4.69, 9.17) is 4.74 Å². The van der Waals surface area contributed by atoms with Crippen LogP contribution in [0.3, 0.4) is 0 Å². The van der Waals surface area contributed by atoms with Gasteiger partial charge in [0.2, 0.25) is 0 Å². The van der Waals surface area contributed by atoms with Crippen LogP contribution in [0.15, 0.2) is 54.7 Å². The minimum atomic E-state index is 0.682. The molecule has 1 heterocycles. The van der Waals surface area contributed by atoms with Crippen molar-refractivity contribution in [1.29, 1.82) is 0 Å². The van der Waals surface area contributed by atoms with Crippen LogP contribution < -0.4 is 4.74 Å². The summed E-state index contributed by atoms with van der Waals surface area (Å²) in [6.45, 7) is 5.77. The third-order valence-electron chi connectivity index (χ3n) is 3.76. The van der Waals surface area contributed by atoms with Crippen molar-refractivity contribution in [3.8, 4) is 5.75 Å². The Balaban J connectivity index is 1.66. The number of fused-ring (bicyclic) bond motifs is 1. The summed E-state index contributed by atoms with van der Waals surface area (Å²) in [5.74, 6) is 0.949. The first-order valence-electron chi connectivity index (χ1n) is 6.98. The van der Waals surface area contributed by atoms with Crippen molar-refractivity contribution >= 4 is 10.9 Å². The van der Waals surface area contributed by atoms with Gasteiger partial charge in [-0.3, -0.25) is 0 Å². The SMILES string of the molecule is Cc1ccc(OCCn2ccc3ccccc32)cc1C. The predicted octanol–water partition coefficient (Wildman–Crippen LogP) is 4.34. The third kappa shape index (κ3) is 2.55. The number of para-hydroxylation sites is 1. The molecule has 0 unspecified atom stereocenters. The topological polar surface area (TPSA) is 14.2 Å². The molecule has 0 saturated heterocycles. The van der Waals surface area contributed by atoms with Crippen LogP contribution in [-0.4, -0.2) is 11.2 Å². The minimum absolute atomic E-state index is 0.682. The first kappa shape index (κ1) is 12.8. The maximum atomic E-state index is 5.84. The Morgan fingerprint density at radius 3 is 2.65 bits per heavy atom. The molecule has 20 heavy (non-hydrogen) atoms. The Kier molecular flexibility index (Phi) is 3.46. The number of nitrogens with zero attached hydrogens (tertiary/aromatic N) is 1. The fraction of sp³-hybridized carbons (Fsp3) is 0.222. The van der Waals surface area contributed by atoms with Gasteiger partial charge < -0.3 is 9.30 Å². The molecule has 0 N–H and O–H groups in total. The average molecular weight is 265 g/mol. The quantitative estimate of drug-likeness (QED) is 0.684. The van der Waals surface area contributed by atoms with Crippen LogP contribution in [0, 0.1) is 13.8 Å². The standard InChI is InChI=1S/C18H19NO/c1-14-7-8-17(13-15(14)2)20-12-11-19-10-9-16-5-3-4-6-18(16)19/h3-10,13H,11-12H2,1-2H3. The normalized spacial score (nSPS) is 10.9. The molecule has 0 aliphatic rings. The van der Waals surface area contributed by atoms with E-state index < -0.39 is 0 Å². The first-order valence-corrected chi connectivity index (χ1v) is 6.98. The maximum absolute atomic E-state index is 5.84. The lowest BCUT2D eigenvalue weighted by molar-refractivity contribution is 0.300. The zero-order valence-corrected chi connectivity index (χ0v) is 12.0. The fourth-order valence-electron chi connectivity index (χ4n) is 2.40. The predicted molar refractivity (Wildman–Crippen MR) is 83.3 cm³/mol. The second kappa shape index (κ2) is 5.41. The lowest BCUT2D eigenvalue weighted by atomic mass is 10.1. The van der Waals surface area contributed by atoms with E-state index in [0.717, 1.165) is 12.3 Å². The van der Waals surface area contributed by atoms with Crippen LogP contribution in [0.2, 0.25) is 0 Å². The Morgan fingerprint density at radius 2 is 1.80 bits per heavy atom. The Hall–Kier alpha value is -2.22. The summed E-state index contributed by atoms with van der Waals surface area (Å²) in [7, 11) is 0. The molecule has 2 nitrogen and oxygen atoms in total. The van der Waals surface area contributed by atoms with Crippen LogP contribution >= 0.6 is 0 Å². The Morgan fingerprint density at radius 1 is 0.950 bits per heavy atom. The molecule has 1 aromatic heterocycles. The molecular formula is C18H19NO. The third-order valence-corrected chi connectivity index (χ3v) is 3.76. The number of ether oxygens (including phenoxy) is 1. The van der Waals surface area contributed by atoms with E-state index in [1.165, 1.54) is 22.0 Å². The highest BCUT2D eigenvalue weighted by atomic mass is 16.5. The van der Waals surface area contributed by atoms with Crippen molar-refractivity contribution in [2.45, 2.75) is 20.4 Å². The second-order valence-corrected chi connectivity index (χ2v) is 5.16. The summed E-state index contributed by atoms with van der Waals surface area (Å²) in [5, 5.41) is 1.28. The lowest BCUT2D eigenvalue weighted by Gasteiger charge is -2.10. The maximum Gasteiger partial charge on any atom is 0.119 e. The molecule has 0 amide bonds. The summed E-state index contributed by atoms with van der Waals surface area (Å²) < 4.78 is 8.08. The molecule has 102 valence electrons. The molecule has 3 aromatic rings. The molecule has 2 heteroatoms. The van der Waals surface area contributed by atoms with E-state index in [9.17, 15) is 0 Å². The highest BCUT2D eigenvalue weighted by molar-refractivity contribution is 5.79. The van der Waals surface area contributed by atoms with Gasteiger partial charge >= 0.3 is 0 Å². The fourth-order valence-corrected chi connectivity index (χ4v) is 2.40. The van der Waals surface area contributed by atoms with E-state index in [1.807, 2.05) is 6.07 Å². The monoisotopic (exact) mass is 265 g/mol. The lowest BCUT2D eigenvalue weighted by Crippen LogP contribution is -2.07. The smallest absolute Gasteiger partial charge is 0.119 e. The number of aryl methyl sites for hydroxylation is 2. The molecule has 0 fully saturated rings. The number of benzene rings is 2. The molecule has 0 atom stereocenters. The molecular weight excluding hydrogens is 246 g/mol. The van der Waals surface area contributed by atoms with E-state index in [2.05, 4.69) is 67.1 Å². The van der Waals surface area contributed by atoms with Gasteiger partial charge in [0.15, 0.2) is 0 Å². The molecule has 0 aliphatic carbocycles. The highest BCUT2D eigenvalue weighted by Crippen LogP contribution is 2.17. The van der Waals surface area contributed by atoms with Crippen molar-refractivity contribution in [1.82, 2.24) is 4.57 Å². The van der Waals surface area contributed by atoms with Crippen molar-refractivity contribution in [2.24, 2.45) is 0 Å². The first-order chi connectivity index (χ1) is 9.74. The van der Waals surface area contributed by atoms with Crippen molar-refractivity contribution < 1.29 is 4.74 Å². The molecule has 0 spiro atoms. The Bertz CT molecular complexity index is 727. The number of hydrogen-bond acceptors (Lipinski definition) is 1. The summed E-state index contributed by atoms with van der Waals surface area (Å²) in [6, 6.07) is 16.8. The zero-order chi connectivity index (χ0) is 13.9. The van der Waals surface area contributed by atoms with Crippen molar-refractivity contribution in [3.05, 3.63) is 65.9 Å². The van der Waals surface area contributed by atoms with Gasteiger partial charge in [0.05, 0.1) is 6.54 Å². The van der Waals surface area contributed by atoms with Gasteiger partial charge in [-0.15, -0.1) is 0 Å². The largest absolute Gasteiger partial charge is 0.492 e. The average Bonchev–Trinajstić information content (AvgIpc) is 2.86. The van der Waals surface area contributed by atoms with Crippen LogP contribution in [0.1, 0.15) is 11.1 Å². The van der Waals surface area contributed by atoms with Gasteiger partial charge in [-0.25, -0.2) is 0 Å². The molecule has 0 aliphatic heterocycles. The zero-order valence-electron chi connectivity index (χ0n) is 12.0. The van der Waals surface area contributed by atoms with E-state index in [0.29, 0.717) is 6.61 Å². The molecule has 0 radical (unpaired) electrons. The minimum Gasteiger partial charge on any atom is -0.492 e. The molecule has 0 bridgehead atoms. The number of aromatic nitrogens is 1.